The van der Waals surface area contributed by atoms with Crippen LogP contribution in [-0.2, 0) is 7.05 Å². The number of halogens is 1. The van der Waals surface area contributed by atoms with E-state index in [1.54, 1.807) is 0 Å². The minimum Gasteiger partial charge on any atom is -0.305 e. The fourth-order valence-corrected chi connectivity index (χ4v) is 2.36. The van der Waals surface area contributed by atoms with E-state index in [4.69, 9.17) is 11.6 Å². The van der Waals surface area contributed by atoms with Gasteiger partial charge in [-0.3, -0.25) is 4.68 Å². The Bertz CT molecular complexity index is 531. The summed E-state index contributed by atoms with van der Waals surface area (Å²) in [5, 5.41) is 8.77. The normalized spacial score (nSPS) is 12.6. The molecule has 0 amide bonds. The molecule has 0 fully saturated rings. The maximum Gasteiger partial charge on any atom is 0.0748 e. The van der Waals surface area contributed by atoms with E-state index >= 15 is 0 Å². The minimum absolute atomic E-state index is 0.156. The smallest absolute Gasteiger partial charge is 0.0748 e. The molecule has 1 aromatic heterocycles. The van der Waals surface area contributed by atoms with Crippen LogP contribution in [-0.4, -0.2) is 16.3 Å². The van der Waals surface area contributed by atoms with Gasteiger partial charge in [0.05, 0.1) is 17.4 Å². The van der Waals surface area contributed by atoms with Gasteiger partial charge in [-0.2, -0.15) is 5.10 Å². The van der Waals surface area contributed by atoms with Crippen molar-refractivity contribution < 1.29 is 0 Å². The van der Waals surface area contributed by atoms with Crippen LogP contribution in [0, 0.1) is 6.92 Å². The first kappa shape index (κ1) is 14.1. The van der Waals surface area contributed by atoms with Crippen LogP contribution in [0.5, 0.6) is 0 Å². The zero-order chi connectivity index (χ0) is 13.8. The molecule has 19 heavy (non-hydrogen) atoms. The lowest BCUT2D eigenvalue weighted by molar-refractivity contribution is 0.553. The van der Waals surface area contributed by atoms with Crippen LogP contribution in [0.3, 0.4) is 0 Å². The third-order valence-corrected chi connectivity index (χ3v) is 3.39. The number of benzene rings is 1. The number of hydrogen-bond donors (Lipinski definition) is 1. The van der Waals surface area contributed by atoms with E-state index in [0.29, 0.717) is 0 Å². The molecule has 0 saturated carbocycles. The molecule has 0 aliphatic rings. The highest BCUT2D eigenvalue weighted by atomic mass is 35.5. The van der Waals surface area contributed by atoms with Crippen molar-refractivity contribution in [3.8, 4) is 0 Å². The highest BCUT2D eigenvalue weighted by Gasteiger charge is 2.17. The Morgan fingerprint density at radius 3 is 2.53 bits per heavy atom. The average Bonchev–Trinajstić information content (AvgIpc) is 2.71. The Hall–Kier alpha value is -1.32. The maximum atomic E-state index is 5.96. The van der Waals surface area contributed by atoms with Gasteiger partial charge in [-0.05, 0) is 43.7 Å². The number of hydrogen-bond acceptors (Lipinski definition) is 2. The van der Waals surface area contributed by atoms with Gasteiger partial charge in [-0.15, -0.1) is 0 Å². The number of aromatic nitrogens is 2. The zero-order valence-electron chi connectivity index (χ0n) is 11.7. The van der Waals surface area contributed by atoms with Crippen molar-refractivity contribution in [3.05, 3.63) is 52.3 Å². The van der Waals surface area contributed by atoms with Crippen LogP contribution in [0.25, 0.3) is 0 Å². The van der Waals surface area contributed by atoms with Crippen molar-refractivity contribution in [2.24, 2.45) is 7.05 Å². The van der Waals surface area contributed by atoms with Crippen molar-refractivity contribution in [2.45, 2.75) is 26.3 Å². The summed E-state index contributed by atoms with van der Waals surface area (Å²) in [6.45, 7) is 5.15. The van der Waals surface area contributed by atoms with Crippen LogP contribution < -0.4 is 5.32 Å². The molecular formula is C15H20ClN3. The third kappa shape index (κ3) is 3.37. The predicted octanol–water partition coefficient (Wildman–Crippen LogP) is 3.47. The van der Waals surface area contributed by atoms with Crippen LogP contribution >= 0.6 is 11.6 Å². The van der Waals surface area contributed by atoms with E-state index in [2.05, 4.69) is 35.5 Å². The molecular weight excluding hydrogens is 258 g/mol. The molecule has 0 aliphatic carbocycles. The second-order valence-corrected chi connectivity index (χ2v) is 5.21. The first-order valence-electron chi connectivity index (χ1n) is 6.61. The standard InChI is InChI=1S/C15H20ClN3/c1-4-9-17-15(12-5-7-13(16)8-6-12)14-10-11(2)18-19(14)3/h5-8,10,15,17H,4,9H2,1-3H3. The lowest BCUT2D eigenvalue weighted by atomic mass is 10.0. The molecule has 2 aromatic rings. The van der Waals surface area contributed by atoms with E-state index in [1.807, 2.05) is 30.8 Å². The van der Waals surface area contributed by atoms with Gasteiger partial charge >= 0.3 is 0 Å². The summed E-state index contributed by atoms with van der Waals surface area (Å²) >= 11 is 5.96. The Labute approximate surface area is 119 Å². The Morgan fingerprint density at radius 1 is 1.32 bits per heavy atom. The van der Waals surface area contributed by atoms with E-state index in [9.17, 15) is 0 Å². The molecule has 1 N–H and O–H groups in total. The first-order valence-corrected chi connectivity index (χ1v) is 6.99. The van der Waals surface area contributed by atoms with Gasteiger partial charge in [0.15, 0.2) is 0 Å². The van der Waals surface area contributed by atoms with Gasteiger partial charge in [0.25, 0.3) is 0 Å². The van der Waals surface area contributed by atoms with E-state index in [0.717, 1.165) is 23.7 Å². The van der Waals surface area contributed by atoms with Gasteiger partial charge in [0.1, 0.15) is 0 Å². The van der Waals surface area contributed by atoms with Gasteiger partial charge in [-0.1, -0.05) is 30.7 Å². The van der Waals surface area contributed by atoms with Crippen molar-refractivity contribution in [1.29, 1.82) is 0 Å². The summed E-state index contributed by atoms with van der Waals surface area (Å²) < 4.78 is 1.94. The minimum atomic E-state index is 0.156. The van der Waals surface area contributed by atoms with E-state index < -0.39 is 0 Å². The average molecular weight is 278 g/mol. The lowest BCUT2D eigenvalue weighted by Crippen LogP contribution is -2.25. The van der Waals surface area contributed by atoms with Crippen molar-refractivity contribution >= 4 is 11.6 Å². The highest BCUT2D eigenvalue weighted by molar-refractivity contribution is 6.30. The molecule has 2 rings (SSSR count). The summed E-state index contributed by atoms with van der Waals surface area (Å²) in [7, 11) is 1.98. The van der Waals surface area contributed by atoms with Crippen LogP contribution in [0.4, 0.5) is 0 Å². The number of aryl methyl sites for hydroxylation is 2. The summed E-state index contributed by atoms with van der Waals surface area (Å²) in [5.41, 5.74) is 3.42. The molecule has 1 atom stereocenters. The molecule has 1 unspecified atom stereocenters. The fourth-order valence-electron chi connectivity index (χ4n) is 2.24. The quantitative estimate of drug-likeness (QED) is 0.907. The van der Waals surface area contributed by atoms with Gasteiger partial charge in [0, 0.05) is 12.1 Å². The zero-order valence-corrected chi connectivity index (χ0v) is 12.4. The molecule has 0 spiro atoms. The molecule has 0 bridgehead atoms. The SMILES string of the molecule is CCCNC(c1ccc(Cl)cc1)c1cc(C)nn1C. The molecule has 4 heteroatoms. The van der Waals surface area contributed by atoms with Crippen molar-refractivity contribution in [2.75, 3.05) is 6.54 Å². The van der Waals surface area contributed by atoms with Crippen LogP contribution in [0.1, 0.15) is 36.3 Å². The lowest BCUT2D eigenvalue weighted by Gasteiger charge is -2.19. The second kappa shape index (κ2) is 6.22. The summed E-state index contributed by atoms with van der Waals surface area (Å²) in [6, 6.07) is 10.3. The number of nitrogens with one attached hydrogen (secondary N) is 1. The van der Waals surface area contributed by atoms with Gasteiger partial charge < -0.3 is 5.32 Å². The van der Waals surface area contributed by atoms with Crippen LogP contribution in [0.15, 0.2) is 30.3 Å². The third-order valence-electron chi connectivity index (χ3n) is 3.14. The van der Waals surface area contributed by atoms with Crippen molar-refractivity contribution in [1.82, 2.24) is 15.1 Å². The van der Waals surface area contributed by atoms with E-state index in [-0.39, 0.29) is 6.04 Å². The fraction of sp³-hybridized carbons (Fsp3) is 0.400. The monoisotopic (exact) mass is 277 g/mol. The Morgan fingerprint density at radius 2 is 2.00 bits per heavy atom. The van der Waals surface area contributed by atoms with Crippen molar-refractivity contribution in [3.63, 3.8) is 0 Å². The summed E-state index contributed by atoms with van der Waals surface area (Å²) in [5.74, 6) is 0. The predicted molar refractivity (Wildman–Crippen MR) is 79.5 cm³/mol. The van der Waals surface area contributed by atoms with E-state index in [1.165, 1.54) is 11.3 Å². The summed E-state index contributed by atoms with van der Waals surface area (Å²) in [6.07, 6.45) is 1.10. The highest BCUT2D eigenvalue weighted by Crippen LogP contribution is 2.23. The van der Waals surface area contributed by atoms with Crippen LogP contribution in [0.2, 0.25) is 5.02 Å². The van der Waals surface area contributed by atoms with Gasteiger partial charge in [0.2, 0.25) is 0 Å². The molecule has 3 nitrogen and oxygen atoms in total. The topological polar surface area (TPSA) is 29.9 Å². The molecule has 1 aromatic carbocycles. The summed E-state index contributed by atoms with van der Waals surface area (Å²) in [4.78, 5) is 0. The first-order chi connectivity index (χ1) is 9.11. The molecule has 0 radical (unpaired) electrons. The molecule has 0 aliphatic heterocycles. The second-order valence-electron chi connectivity index (χ2n) is 4.77. The number of nitrogens with zero attached hydrogens (tertiary/aromatic N) is 2. The molecule has 1 heterocycles. The number of rotatable bonds is 5. The van der Waals surface area contributed by atoms with Gasteiger partial charge in [-0.25, -0.2) is 0 Å². The molecule has 102 valence electrons. The largest absolute Gasteiger partial charge is 0.305 e. The Kier molecular flexibility index (Phi) is 4.61. The Balaban J connectivity index is 2.35. The maximum absolute atomic E-state index is 5.96. The molecule has 0 saturated heterocycles.